The summed E-state index contributed by atoms with van der Waals surface area (Å²) in [6, 6.07) is 0. The van der Waals surface area contributed by atoms with Gasteiger partial charge in [0, 0.05) is 0 Å². The first-order chi connectivity index (χ1) is 10.8. The maximum atomic E-state index is 10.0. The summed E-state index contributed by atoms with van der Waals surface area (Å²) in [7, 11) is 0. The zero-order valence-corrected chi connectivity index (χ0v) is 16.2. The van der Waals surface area contributed by atoms with E-state index in [2.05, 4.69) is 0 Å². The molecule has 0 amide bonds. The first-order valence-electron chi connectivity index (χ1n) is 7.00. The summed E-state index contributed by atoms with van der Waals surface area (Å²) in [5.74, 6) is 0. The van der Waals surface area contributed by atoms with Gasteiger partial charge in [0.1, 0.15) is 24.4 Å². The van der Waals surface area contributed by atoms with E-state index >= 15 is 0 Å². The molecule has 2 fully saturated rings. The van der Waals surface area contributed by atoms with Crippen LogP contribution in [0.2, 0.25) is 0 Å². The van der Waals surface area contributed by atoms with E-state index in [0.29, 0.717) is 0 Å². The monoisotopic (exact) mass is 562 g/mol. The molecular formula is C12H20I2O9. The smallest absolute Gasteiger partial charge is 0.175 e. The van der Waals surface area contributed by atoms with Gasteiger partial charge in [0.25, 0.3) is 0 Å². The van der Waals surface area contributed by atoms with E-state index in [1.54, 1.807) is 0 Å². The third-order valence-electron chi connectivity index (χ3n) is 3.88. The zero-order valence-electron chi connectivity index (χ0n) is 11.9. The van der Waals surface area contributed by atoms with Gasteiger partial charge in [0.2, 0.25) is 0 Å². The molecule has 2 aliphatic rings. The van der Waals surface area contributed by atoms with E-state index in [-0.39, 0.29) is 0 Å². The normalized spacial score (nSPS) is 51.7. The van der Waals surface area contributed by atoms with Crippen LogP contribution in [0.15, 0.2) is 0 Å². The molecule has 6 N–H and O–H groups in total. The summed E-state index contributed by atoms with van der Waals surface area (Å²) in [5, 5.41) is 58.0. The average Bonchev–Trinajstić information content (AvgIpc) is 2.55. The highest BCUT2D eigenvalue weighted by Crippen LogP contribution is 2.33. The second-order valence-corrected chi connectivity index (χ2v) is 8.31. The maximum absolute atomic E-state index is 10.0. The van der Waals surface area contributed by atoms with E-state index in [1.165, 1.54) is 0 Å². The van der Waals surface area contributed by atoms with E-state index in [0.717, 1.165) is 0 Å². The fraction of sp³-hybridized carbons (Fsp3) is 1.00. The van der Waals surface area contributed by atoms with Crippen LogP contribution in [0, 0.1) is 0 Å². The molecule has 0 radical (unpaired) electrons. The van der Waals surface area contributed by atoms with Gasteiger partial charge in [0.15, 0.2) is 12.6 Å². The molecule has 10 atom stereocenters. The Morgan fingerprint density at radius 3 is 1.35 bits per heavy atom. The van der Waals surface area contributed by atoms with Crippen LogP contribution in [-0.4, -0.2) is 101 Å². The molecule has 0 spiro atoms. The van der Waals surface area contributed by atoms with Crippen LogP contribution in [-0.2, 0) is 14.2 Å². The van der Waals surface area contributed by atoms with Crippen molar-refractivity contribution >= 4 is 45.2 Å². The van der Waals surface area contributed by atoms with Crippen molar-refractivity contribution < 1.29 is 44.8 Å². The van der Waals surface area contributed by atoms with Crippen LogP contribution in [0.3, 0.4) is 0 Å². The molecule has 2 rings (SSSR count). The van der Waals surface area contributed by atoms with Crippen molar-refractivity contribution in [1.29, 1.82) is 0 Å². The third-order valence-corrected chi connectivity index (χ3v) is 6.53. The van der Waals surface area contributed by atoms with E-state index < -0.39 is 70.3 Å². The molecule has 0 aromatic rings. The van der Waals surface area contributed by atoms with Crippen LogP contribution in [0.5, 0.6) is 0 Å². The third kappa shape index (κ3) is 4.27. The largest absolute Gasteiger partial charge is 0.394 e. The molecule has 0 bridgehead atoms. The Morgan fingerprint density at radius 1 is 0.696 bits per heavy atom. The summed E-state index contributed by atoms with van der Waals surface area (Å²) >= 11 is 3.71. The van der Waals surface area contributed by atoms with Crippen molar-refractivity contribution in [2.45, 2.75) is 57.1 Å². The summed E-state index contributed by atoms with van der Waals surface area (Å²) in [6.45, 7) is -0.998. The zero-order chi connectivity index (χ0) is 17.3. The number of hydrogen-bond acceptors (Lipinski definition) is 9. The van der Waals surface area contributed by atoms with Gasteiger partial charge in [-0.1, -0.05) is 45.2 Å². The van der Waals surface area contributed by atoms with Gasteiger partial charge >= 0.3 is 0 Å². The molecule has 0 saturated carbocycles. The van der Waals surface area contributed by atoms with Gasteiger partial charge < -0.3 is 44.8 Å². The van der Waals surface area contributed by atoms with Crippen molar-refractivity contribution in [3.8, 4) is 0 Å². The number of halogens is 2. The summed E-state index contributed by atoms with van der Waals surface area (Å²) in [4.78, 5) is 0. The second kappa shape index (κ2) is 8.66. The van der Waals surface area contributed by atoms with Gasteiger partial charge in [-0.3, -0.25) is 0 Å². The molecule has 2 saturated heterocycles. The number of rotatable bonds is 4. The molecule has 0 aliphatic carbocycles. The summed E-state index contributed by atoms with van der Waals surface area (Å²) in [6.07, 6.45) is -8.88. The standard InChI is InChI=1S/C12H20I2O9/c13-5-9(19)7(17)3(1-15)21-11(5)23-12-6(14)10(20)8(18)4(2-16)22-12/h3-12,15-20H,1-2H2/t3?,4?,5?,6?,7-,8-,9-,10?,11-,12-/m1/s1. The Labute approximate surface area is 159 Å². The summed E-state index contributed by atoms with van der Waals surface area (Å²) < 4.78 is 15.2. The van der Waals surface area contributed by atoms with Crippen molar-refractivity contribution in [2.75, 3.05) is 13.2 Å². The first kappa shape index (κ1) is 20.4. The van der Waals surface area contributed by atoms with Crippen LogP contribution in [0.4, 0.5) is 0 Å². The number of alkyl halides is 2. The molecule has 9 nitrogen and oxygen atoms in total. The number of hydrogen-bond donors (Lipinski definition) is 6. The predicted molar refractivity (Wildman–Crippen MR) is 92.2 cm³/mol. The van der Waals surface area contributed by atoms with Gasteiger partial charge in [-0.25, -0.2) is 0 Å². The lowest BCUT2D eigenvalue weighted by Crippen LogP contribution is -2.61. The first-order valence-corrected chi connectivity index (χ1v) is 9.49. The molecule has 2 aliphatic heterocycles. The Balaban J connectivity index is 2.07. The molecule has 5 unspecified atom stereocenters. The van der Waals surface area contributed by atoms with Crippen LogP contribution in [0.25, 0.3) is 0 Å². The van der Waals surface area contributed by atoms with E-state index in [4.69, 9.17) is 14.2 Å². The summed E-state index contributed by atoms with van der Waals surface area (Å²) in [5.41, 5.74) is 0. The fourth-order valence-electron chi connectivity index (χ4n) is 2.44. The van der Waals surface area contributed by atoms with Gasteiger partial charge in [-0.15, -0.1) is 0 Å². The van der Waals surface area contributed by atoms with Crippen molar-refractivity contribution in [3.05, 3.63) is 0 Å². The molecule has 0 aromatic carbocycles. The lowest BCUT2D eigenvalue weighted by atomic mass is 10.0. The Hall–Kier alpha value is 1.10. The molecule has 136 valence electrons. The minimum absolute atomic E-state index is 0.499. The molecule has 0 aromatic heterocycles. The quantitative estimate of drug-likeness (QED) is 0.162. The number of aliphatic hydroxyl groups is 6. The molecule has 2 heterocycles. The van der Waals surface area contributed by atoms with Crippen molar-refractivity contribution in [1.82, 2.24) is 0 Å². The predicted octanol–water partition coefficient (Wildman–Crippen LogP) is -2.51. The van der Waals surface area contributed by atoms with Gasteiger partial charge in [0.05, 0.1) is 33.3 Å². The number of ether oxygens (including phenoxy) is 3. The molecule has 11 heteroatoms. The van der Waals surface area contributed by atoms with E-state index in [1.807, 2.05) is 45.2 Å². The highest BCUT2D eigenvalue weighted by atomic mass is 127. The lowest BCUT2D eigenvalue weighted by Gasteiger charge is -2.44. The highest BCUT2D eigenvalue weighted by Gasteiger charge is 2.48. The van der Waals surface area contributed by atoms with Crippen LogP contribution in [0.1, 0.15) is 0 Å². The minimum atomic E-state index is -1.25. The van der Waals surface area contributed by atoms with Gasteiger partial charge in [-0.2, -0.15) is 0 Å². The van der Waals surface area contributed by atoms with Crippen LogP contribution < -0.4 is 0 Å². The molecular weight excluding hydrogens is 542 g/mol. The molecule has 23 heavy (non-hydrogen) atoms. The topological polar surface area (TPSA) is 149 Å². The van der Waals surface area contributed by atoms with Gasteiger partial charge in [-0.05, 0) is 0 Å². The SMILES string of the molecule is OCC1O[C@H](O[C@H]2OC(CO)[C@@H](O)[C@H](O)C2I)C(I)C(O)[C@@H]1O. The minimum Gasteiger partial charge on any atom is -0.394 e. The fourth-order valence-corrected chi connectivity index (χ4v) is 3.97. The Morgan fingerprint density at radius 2 is 1.04 bits per heavy atom. The second-order valence-electron chi connectivity index (χ2n) is 5.44. The Kier molecular flexibility index (Phi) is 7.68. The van der Waals surface area contributed by atoms with Crippen molar-refractivity contribution in [3.63, 3.8) is 0 Å². The number of aliphatic hydroxyl groups excluding tert-OH is 6. The average molecular weight is 562 g/mol. The Bertz CT molecular complexity index is 352. The highest BCUT2D eigenvalue weighted by molar-refractivity contribution is 14.1. The van der Waals surface area contributed by atoms with E-state index in [9.17, 15) is 30.6 Å². The van der Waals surface area contributed by atoms with Crippen LogP contribution >= 0.6 is 45.2 Å². The van der Waals surface area contributed by atoms with Crippen molar-refractivity contribution in [2.24, 2.45) is 0 Å². The maximum Gasteiger partial charge on any atom is 0.175 e. The lowest BCUT2D eigenvalue weighted by molar-refractivity contribution is -0.325.